The predicted molar refractivity (Wildman–Crippen MR) is 109 cm³/mol. The Kier molecular flexibility index (Phi) is 16.1. The Balaban J connectivity index is 4.32. The molecule has 172 valence electrons. The molecule has 0 rings (SSSR count). The number of esters is 1. The van der Waals surface area contributed by atoms with Gasteiger partial charge in [-0.05, 0) is 19.8 Å². The molecule has 2 amide bonds. The van der Waals surface area contributed by atoms with E-state index in [-0.39, 0.29) is 44.4 Å². The summed E-state index contributed by atoms with van der Waals surface area (Å²) in [5.41, 5.74) is 5.28. The highest BCUT2D eigenvalue weighted by atomic mass is 16.5. The van der Waals surface area contributed by atoms with Gasteiger partial charge in [-0.25, -0.2) is 4.79 Å². The summed E-state index contributed by atoms with van der Waals surface area (Å²) < 4.78 is 15.6. The molecule has 0 aliphatic heterocycles. The zero-order chi connectivity index (χ0) is 22.8. The van der Waals surface area contributed by atoms with Gasteiger partial charge >= 0.3 is 5.97 Å². The first-order valence-corrected chi connectivity index (χ1v) is 9.99. The van der Waals surface area contributed by atoms with E-state index in [0.717, 1.165) is 0 Å². The van der Waals surface area contributed by atoms with Crippen molar-refractivity contribution < 1.29 is 33.4 Å². The first-order valence-electron chi connectivity index (χ1n) is 9.99. The topological polar surface area (TPSA) is 170 Å². The molecule has 0 aromatic heterocycles. The minimum atomic E-state index is -1.04. The maximum Gasteiger partial charge on any atom is 0.328 e. The van der Waals surface area contributed by atoms with Gasteiger partial charge in [0.2, 0.25) is 11.8 Å². The molecule has 11 nitrogen and oxygen atoms in total. The van der Waals surface area contributed by atoms with Crippen LogP contribution in [0.25, 0.3) is 0 Å². The van der Waals surface area contributed by atoms with Crippen LogP contribution < -0.4 is 16.4 Å². The van der Waals surface area contributed by atoms with Gasteiger partial charge < -0.3 is 36.0 Å². The molecule has 0 saturated heterocycles. The van der Waals surface area contributed by atoms with E-state index in [1.54, 1.807) is 6.92 Å². The summed E-state index contributed by atoms with van der Waals surface area (Å²) in [4.78, 5) is 47.4. The van der Waals surface area contributed by atoms with Crippen LogP contribution in [0, 0.1) is 5.41 Å². The molecule has 0 aliphatic carbocycles. The second-order valence-electron chi connectivity index (χ2n) is 6.47. The second kappa shape index (κ2) is 17.5. The highest BCUT2D eigenvalue weighted by Gasteiger charge is 2.24. The molecule has 2 atom stereocenters. The van der Waals surface area contributed by atoms with Crippen molar-refractivity contribution in [2.45, 2.75) is 51.7 Å². The number of carbonyl (C=O) groups excluding carboxylic acids is 4. The lowest BCUT2D eigenvalue weighted by molar-refractivity contribution is -0.152. The van der Waals surface area contributed by atoms with Crippen molar-refractivity contribution in [3.8, 4) is 0 Å². The smallest absolute Gasteiger partial charge is 0.328 e. The van der Waals surface area contributed by atoms with Crippen molar-refractivity contribution in [1.82, 2.24) is 10.6 Å². The van der Waals surface area contributed by atoms with Crippen molar-refractivity contribution in [2.75, 3.05) is 39.5 Å². The van der Waals surface area contributed by atoms with Gasteiger partial charge in [0.05, 0.1) is 45.3 Å². The molecule has 0 radical (unpaired) electrons. The van der Waals surface area contributed by atoms with Gasteiger partial charge in [0.1, 0.15) is 6.04 Å². The molecule has 0 spiro atoms. The summed E-state index contributed by atoms with van der Waals surface area (Å²) in [6, 6.07) is -1.04. The van der Waals surface area contributed by atoms with Crippen LogP contribution in [0.15, 0.2) is 0 Å². The lowest BCUT2D eigenvalue weighted by Crippen LogP contribution is -2.47. The zero-order valence-corrected chi connectivity index (χ0v) is 17.7. The Morgan fingerprint density at radius 3 is 2.30 bits per heavy atom. The molecule has 0 fully saturated rings. The number of amides is 2. The molecular weight excluding hydrogens is 396 g/mol. The molecule has 0 aliphatic rings. The maximum absolute atomic E-state index is 12.2. The quantitative estimate of drug-likeness (QED) is 0.126. The van der Waals surface area contributed by atoms with Gasteiger partial charge in [-0.1, -0.05) is 6.92 Å². The minimum Gasteiger partial charge on any atom is -0.461 e. The molecule has 1 unspecified atom stereocenters. The summed E-state index contributed by atoms with van der Waals surface area (Å²) in [6.07, 6.45) is 0.911. The van der Waals surface area contributed by atoms with E-state index >= 15 is 0 Å². The van der Waals surface area contributed by atoms with E-state index in [0.29, 0.717) is 39.0 Å². The number of nitrogens with one attached hydrogen (secondary N) is 3. The monoisotopic (exact) mass is 430 g/mol. The fourth-order valence-corrected chi connectivity index (χ4v) is 2.05. The van der Waals surface area contributed by atoms with E-state index < -0.39 is 23.7 Å². The van der Waals surface area contributed by atoms with Crippen LogP contribution >= 0.6 is 0 Å². The van der Waals surface area contributed by atoms with Crippen LogP contribution in [-0.2, 0) is 33.4 Å². The van der Waals surface area contributed by atoms with E-state index in [9.17, 15) is 19.2 Å². The second-order valence-corrected chi connectivity index (χ2v) is 6.47. The number of rotatable bonds is 18. The van der Waals surface area contributed by atoms with Gasteiger partial charge in [-0.3, -0.25) is 14.4 Å². The number of hydrogen-bond donors (Lipinski definition) is 4. The van der Waals surface area contributed by atoms with Gasteiger partial charge in [0, 0.05) is 19.4 Å². The Bertz CT molecular complexity index is 557. The normalized spacial score (nSPS) is 12.5. The van der Waals surface area contributed by atoms with Crippen molar-refractivity contribution >= 4 is 29.8 Å². The maximum atomic E-state index is 12.2. The van der Waals surface area contributed by atoms with Crippen LogP contribution in [-0.4, -0.2) is 81.4 Å². The minimum absolute atomic E-state index is 0.00321. The third kappa shape index (κ3) is 14.6. The summed E-state index contributed by atoms with van der Waals surface area (Å²) in [6.45, 7) is 5.00. The molecule has 0 aromatic carbocycles. The Hall–Kier alpha value is -2.37. The largest absolute Gasteiger partial charge is 0.461 e. The molecule has 5 N–H and O–H groups in total. The fourth-order valence-electron chi connectivity index (χ4n) is 2.05. The van der Waals surface area contributed by atoms with Gasteiger partial charge in [-0.2, -0.15) is 0 Å². The van der Waals surface area contributed by atoms with Gasteiger partial charge in [-0.15, -0.1) is 0 Å². The Morgan fingerprint density at radius 2 is 1.70 bits per heavy atom. The van der Waals surface area contributed by atoms with Crippen molar-refractivity contribution in [2.24, 2.45) is 5.73 Å². The molecule has 0 bridgehead atoms. The van der Waals surface area contributed by atoms with Crippen LogP contribution in [0.4, 0.5) is 0 Å². The van der Waals surface area contributed by atoms with E-state index in [2.05, 4.69) is 10.6 Å². The number of nitrogens with two attached hydrogens (primary N) is 1. The van der Waals surface area contributed by atoms with Crippen LogP contribution in [0.1, 0.15) is 39.5 Å². The van der Waals surface area contributed by atoms with E-state index in [1.165, 1.54) is 0 Å². The van der Waals surface area contributed by atoms with Crippen molar-refractivity contribution in [3.05, 3.63) is 0 Å². The average molecular weight is 431 g/mol. The van der Waals surface area contributed by atoms with Crippen molar-refractivity contribution in [3.63, 3.8) is 0 Å². The lowest BCUT2D eigenvalue weighted by Gasteiger charge is -2.20. The number of Topliss-reactive ketones (excluding diaryl/α,β-unsaturated/α-hetero) is 1. The fraction of sp³-hybridized carbons (Fsp3) is 0.737. The summed E-state index contributed by atoms with van der Waals surface area (Å²) in [5.74, 6) is -2.10. The average Bonchev–Trinajstić information content (AvgIpc) is 2.73. The highest BCUT2D eigenvalue weighted by molar-refractivity contribution is 6.26. The standard InChI is InChI=1S/C19H34N4O7/c1-3-14(2)30-19(27)16(5-4-15(24)12-21)23-18(26)13-22-17(25)6-8-28-10-11-29-9-7-20/h12,14,16,21H,3-11,13,20H2,1-2H3,(H,22,25)(H,23,26)/t14?,16-/m0/s1. The molecule has 11 heteroatoms. The van der Waals surface area contributed by atoms with E-state index in [4.69, 9.17) is 25.4 Å². The Labute approximate surface area is 176 Å². The molecule has 0 aromatic rings. The van der Waals surface area contributed by atoms with Gasteiger partial charge in [0.25, 0.3) is 0 Å². The summed E-state index contributed by atoms with van der Waals surface area (Å²) in [7, 11) is 0. The van der Waals surface area contributed by atoms with Gasteiger partial charge in [0.15, 0.2) is 5.78 Å². The number of carbonyl (C=O) groups is 4. The molecule has 0 heterocycles. The predicted octanol–water partition coefficient (Wildman–Crippen LogP) is -0.690. The molecular formula is C19H34N4O7. The summed E-state index contributed by atoms with van der Waals surface area (Å²) in [5, 5.41) is 11.8. The lowest BCUT2D eigenvalue weighted by atomic mass is 10.1. The highest BCUT2D eigenvalue weighted by Crippen LogP contribution is 2.05. The van der Waals surface area contributed by atoms with Crippen molar-refractivity contribution in [1.29, 1.82) is 5.41 Å². The summed E-state index contributed by atoms with van der Waals surface area (Å²) >= 11 is 0. The third-order valence-electron chi connectivity index (χ3n) is 3.91. The first-order chi connectivity index (χ1) is 14.3. The third-order valence-corrected chi connectivity index (χ3v) is 3.91. The van der Waals surface area contributed by atoms with Crippen LogP contribution in [0.5, 0.6) is 0 Å². The van der Waals surface area contributed by atoms with Crippen LogP contribution in [0.2, 0.25) is 0 Å². The number of hydrogen-bond acceptors (Lipinski definition) is 9. The Morgan fingerprint density at radius 1 is 1.03 bits per heavy atom. The first kappa shape index (κ1) is 27.6. The van der Waals surface area contributed by atoms with Crippen LogP contribution in [0.3, 0.4) is 0 Å². The zero-order valence-electron chi connectivity index (χ0n) is 17.7. The molecule has 30 heavy (non-hydrogen) atoms. The SMILES string of the molecule is CCC(C)OC(=O)[C@H](CCC(=O)C=N)NC(=O)CNC(=O)CCOCCOCCN. The molecule has 0 saturated carbocycles. The number of ether oxygens (including phenoxy) is 3. The van der Waals surface area contributed by atoms with E-state index in [1.807, 2.05) is 6.92 Å². The number of ketones is 1.